The summed E-state index contributed by atoms with van der Waals surface area (Å²) < 4.78 is 6.07. The summed E-state index contributed by atoms with van der Waals surface area (Å²) in [5.74, 6) is 1.63. The summed E-state index contributed by atoms with van der Waals surface area (Å²) in [7, 11) is 1.76. The van der Waals surface area contributed by atoms with E-state index in [2.05, 4.69) is 79.7 Å². The fourth-order valence-corrected chi connectivity index (χ4v) is 4.44. The Morgan fingerprint density at radius 3 is 2.10 bits per heavy atom. The van der Waals surface area contributed by atoms with Crippen LogP contribution < -0.4 is 4.74 Å². The van der Waals surface area contributed by atoms with Crippen LogP contribution in [-0.4, -0.2) is 12.9 Å². The molecular formula is C28H38O2. The van der Waals surface area contributed by atoms with Gasteiger partial charge in [0.05, 0.1) is 7.11 Å². The number of carbonyl (C=O) groups is 1. The molecule has 0 aromatic heterocycles. The number of ketones is 1. The molecule has 0 spiro atoms. The molecule has 0 radical (unpaired) electrons. The van der Waals surface area contributed by atoms with Crippen molar-refractivity contribution in [1.29, 1.82) is 0 Å². The Morgan fingerprint density at radius 2 is 1.60 bits per heavy atom. The minimum absolute atomic E-state index is 0.0223. The molecule has 1 unspecified atom stereocenters. The molecule has 1 atom stereocenters. The first-order chi connectivity index (χ1) is 13.8. The number of benzene rings is 2. The van der Waals surface area contributed by atoms with Crippen LogP contribution in [0.25, 0.3) is 11.1 Å². The Balaban J connectivity index is 2.44. The molecule has 2 aromatic rings. The molecule has 1 aliphatic rings. The van der Waals surface area contributed by atoms with Gasteiger partial charge in [0.25, 0.3) is 0 Å². The first-order valence-corrected chi connectivity index (χ1v) is 11.2. The third-order valence-electron chi connectivity index (χ3n) is 6.40. The highest BCUT2D eigenvalue weighted by Crippen LogP contribution is 2.47. The van der Waals surface area contributed by atoms with Crippen LogP contribution in [0.1, 0.15) is 101 Å². The lowest BCUT2D eigenvalue weighted by Gasteiger charge is -2.28. The summed E-state index contributed by atoms with van der Waals surface area (Å²) in [4.78, 5) is 13.0. The van der Waals surface area contributed by atoms with E-state index in [-0.39, 0.29) is 22.5 Å². The summed E-state index contributed by atoms with van der Waals surface area (Å²) in [6, 6.07) is 9.05. The Kier molecular flexibility index (Phi) is 5.69. The van der Waals surface area contributed by atoms with Crippen molar-refractivity contribution in [3.63, 3.8) is 0 Å². The van der Waals surface area contributed by atoms with Gasteiger partial charge in [0, 0.05) is 22.6 Å². The van der Waals surface area contributed by atoms with Crippen molar-refractivity contribution in [2.45, 2.75) is 85.5 Å². The molecule has 0 N–H and O–H groups in total. The average molecular weight is 407 g/mol. The number of Topliss-reactive ketones (excluding diaryl/α,β-unsaturated/α-hetero) is 1. The molecule has 0 saturated heterocycles. The van der Waals surface area contributed by atoms with E-state index in [9.17, 15) is 4.79 Å². The maximum atomic E-state index is 13.0. The zero-order valence-electron chi connectivity index (χ0n) is 20.5. The van der Waals surface area contributed by atoms with Gasteiger partial charge < -0.3 is 4.74 Å². The maximum Gasteiger partial charge on any atom is 0.166 e. The molecule has 0 bridgehead atoms. The molecule has 30 heavy (non-hydrogen) atoms. The third-order valence-corrected chi connectivity index (χ3v) is 6.40. The maximum absolute atomic E-state index is 13.0. The first kappa shape index (κ1) is 22.6. The number of hydrogen-bond acceptors (Lipinski definition) is 2. The molecule has 0 amide bonds. The normalized spacial score (nSPS) is 16.9. The molecule has 2 aromatic carbocycles. The number of carbonyl (C=O) groups excluding carboxylic acids is 1. The number of hydrogen-bond donors (Lipinski definition) is 0. The van der Waals surface area contributed by atoms with Gasteiger partial charge in [-0.25, -0.2) is 0 Å². The second-order valence-corrected chi connectivity index (χ2v) is 11.3. The van der Waals surface area contributed by atoms with Crippen LogP contribution in [-0.2, 0) is 17.3 Å². The Bertz CT molecular complexity index is 981. The molecule has 2 heteroatoms. The fourth-order valence-electron chi connectivity index (χ4n) is 4.44. The second-order valence-electron chi connectivity index (χ2n) is 11.3. The van der Waals surface area contributed by atoms with Gasteiger partial charge in [-0.3, -0.25) is 4.79 Å². The molecule has 0 heterocycles. The van der Waals surface area contributed by atoms with Gasteiger partial charge >= 0.3 is 0 Å². The number of fused-ring (bicyclic) bond motifs is 1. The van der Waals surface area contributed by atoms with Crippen molar-refractivity contribution in [2.24, 2.45) is 5.92 Å². The smallest absolute Gasteiger partial charge is 0.166 e. The van der Waals surface area contributed by atoms with Crippen molar-refractivity contribution in [2.75, 3.05) is 7.11 Å². The van der Waals surface area contributed by atoms with Crippen molar-refractivity contribution >= 4 is 5.78 Å². The minimum atomic E-state index is -0.121. The number of methoxy groups -OCH3 is 1. The number of rotatable bonds is 3. The van der Waals surface area contributed by atoms with Crippen LogP contribution in [0, 0.1) is 5.92 Å². The molecule has 0 fully saturated rings. The highest BCUT2D eigenvalue weighted by molar-refractivity contribution is 6.05. The largest absolute Gasteiger partial charge is 0.496 e. The van der Waals surface area contributed by atoms with Crippen LogP contribution >= 0.6 is 0 Å². The van der Waals surface area contributed by atoms with E-state index in [1.165, 1.54) is 16.7 Å². The van der Waals surface area contributed by atoms with E-state index < -0.39 is 0 Å². The van der Waals surface area contributed by atoms with Crippen LogP contribution in [0.2, 0.25) is 0 Å². The van der Waals surface area contributed by atoms with Gasteiger partial charge in [-0.15, -0.1) is 0 Å². The highest BCUT2D eigenvalue weighted by Gasteiger charge is 2.35. The zero-order chi connectivity index (χ0) is 22.6. The Morgan fingerprint density at radius 1 is 0.967 bits per heavy atom. The third kappa shape index (κ3) is 3.94. The van der Waals surface area contributed by atoms with Gasteiger partial charge in [0.1, 0.15) is 5.75 Å². The summed E-state index contributed by atoms with van der Waals surface area (Å²) >= 11 is 0. The summed E-state index contributed by atoms with van der Waals surface area (Å²) in [5, 5.41) is 0. The number of ether oxygens (including phenoxy) is 1. The predicted octanol–water partition coefficient (Wildman–Crippen LogP) is 7.46. The molecule has 162 valence electrons. The lowest BCUT2D eigenvalue weighted by molar-refractivity contribution is 0.0946. The van der Waals surface area contributed by atoms with Gasteiger partial charge in [-0.2, -0.15) is 0 Å². The van der Waals surface area contributed by atoms with E-state index in [1.807, 2.05) is 6.92 Å². The van der Waals surface area contributed by atoms with Crippen LogP contribution in [0.4, 0.5) is 0 Å². The van der Waals surface area contributed by atoms with Gasteiger partial charge in [0.2, 0.25) is 0 Å². The van der Waals surface area contributed by atoms with Crippen LogP contribution in [0.3, 0.4) is 0 Å². The average Bonchev–Trinajstić information content (AvgIpc) is 2.92. The monoisotopic (exact) mass is 406 g/mol. The van der Waals surface area contributed by atoms with E-state index in [1.54, 1.807) is 7.11 Å². The fraction of sp³-hybridized carbons (Fsp3) is 0.536. The molecule has 0 saturated carbocycles. The second kappa shape index (κ2) is 7.55. The quantitative estimate of drug-likeness (QED) is 0.529. The molecular weight excluding hydrogens is 368 g/mol. The van der Waals surface area contributed by atoms with E-state index in [0.717, 1.165) is 34.4 Å². The standard InChI is InChI=1S/C28H38O2/c1-16(2)18-12-19(14-20(13-18)27(4,5)6)24-21-11-17(3)25(29)22(21)15-23(26(24)30-10)28(7,8)9/h12-17H,11H2,1-10H3. The molecule has 0 aliphatic heterocycles. The Hall–Kier alpha value is -2.09. The lowest BCUT2D eigenvalue weighted by atomic mass is 9.79. The topological polar surface area (TPSA) is 26.3 Å². The lowest BCUT2D eigenvalue weighted by Crippen LogP contribution is -2.16. The van der Waals surface area contributed by atoms with Gasteiger partial charge in [0.15, 0.2) is 5.78 Å². The highest BCUT2D eigenvalue weighted by atomic mass is 16.5. The summed E-state index contributed by atoms with van der Waals surface area (Å²) in [5.41, 5.74) is 7.99. The summed E-state index contributed by atoms with van der Waals surface area (Å²) in [6.45, 7) is 19.9. The van der Waals surface area contributed by atoms with Gasteiger partial charge in [-0.1, -0.05) is 80.5 Å². The van der Waals surface area contributed by atoms with E-state index in [4.69, 9.17) is 4.74 Å². The summed E-state index contributed by atoms with van der Waals surface area (Å²) in [6.07, 6.45) is 0.779. The van der Waals surface area contributed by atoms with E-state index in [0.29, 0.717) is 5.92 Å². The predicted molar refractivity (Wildman–Crippen MR) is 127 cm³/mol. The van der Waals surface area contributed by atoms with Crippen molar-refractivity contribution < 1.29 is 9.53 Å². The first-order valence-electron chi connectivity index (χ1n) is 11.2. The van der Waals surface area contributed by atoms with Crippen LogP contribution in [0.15, 0.2) is 24.3 Å². The van der Waals surface area contributed by atoms with Crippen molar-refractivity contribution in [1.82, 2.24) is 0 Å². The van der Waals surface area contributed by atoms with Crippen molar-refractivity contribution in [3.8, 4) is 16.9 Å². The SMILES string of the molecule is COc1c(C(C)(C)C)cc2c(c1-c1cc(C(C)C)cc(C(C)(C)C)c1)CC(C)C2=O. The minimum Gasteiger partial charge on any atom is -0.496 e. The molecule has 2 nitrogen and oxygen atoms in total. The van der Waals surface area contributed by atoms with Crippen molar-refractivity contribution in [3.05, 3.63) is 52.1 Å². The molecule has 3 rings (SSSR count). The zero-order valence-corrected chi connectivity index (χ0v) is 20.5. The van der Waals surface area contributed by atoms with Gasteiger partial charge in [-0.05, 0) is 51.5 Å². The Labute approximate surface area is 183 Å². The molecule has 1 aliphatic carbocycles. The van der Waals surface area contributed by atoms with E-state index >= 15 is 0 Å². The van der Waals surface area contributed by atoms with Crippen LogP contribution in [0.5, 0.6) is 5.75 Å².